The molecule has 3 aromatic carbocycles. The molecule has 0 aliphatic heterocycles. The van der Waals surface area contributed by atoms with Gasteiger partial charge in [-0.15, -0.1) is 0 Å². The van der Waals surface area contributed by atoms with E-state index in [1.165, 1.54) is 36.4 Å². The van der Waals surface area contributed by atoms with E-state index in [1.54, 1.807) is 30.3 Å². The smallest absolute Gasteiger partial charge is 0.289 e. The maximum atomic E-state index is 12.5. The number of carbonyl (C=O) groups excluding carboxylic acids is 1. The Kier molecular flexibility index (Phi) is 5.95. The average molecular weight is 431 g/mol. The Labute approximate surface area is 172 Å². The van der Waals surface area contributed by atoms with E-state index < -0.39 is 20.7 Å². The first kappa shape index (κ1) is 20.5. The van der Waals surface area contributed by atoms with Crippen molar-refractivity contribution in [2.45, 2.75) is 10.6 Å². The first-order valence-electron chi connectivity index (χ1n) is 8.38. The number of amides is 1. The second-order valence-corrected chi connectivity index (χ2v) is 8.55. The summed E-state index contributed by atoms with van der Waals surface area (Å²) in [6.07, 6.45) is 0. The third kappa shape index (κ3) is 4.98. The molecule has 3 aromatic rings. The quantitative estimate of drug-likeness (QED) is 0.458. The number of nitro groups is 1. The summed E-state index contributed by atoms with van der Waals surface area (Å²) in [4.78, 5) is 23.0. The van der Waals surface area contributed by atoms with Gasteiger partial charge < -0.3 is 5.32 Å². The highest BCUT2D eigenvalue weighted by Gasteiger charge is 2.17. The zero-order valence-electron chi connectivity index (χ0n) is 14.9. The standard InChI is InChI=1S/C20H15ClN2O5S/c21-18-10-9-16(12-19(18)23(25)26)22-20(24)15-6-4-5-14(11-15)13-29(27,28)17-7-2-1-3-8-17/h1-12H,13H2,(H,22,24). The van der Waals surface area contributed by atoms with Crippen LogP contribution in [0.15, 0.2) is 77.7 Å². The van der Waals surface area contributed by atoms with Gasteiger partial charge in [0, 0.05) is 17.3 Å². The molecule has 148 valence electrons. The van der Waals surface area contributed by atoms with Gasteiger partial charge in [-0.1, -0.05) is 41.9 Å². The van der Waals surface area contributed by atoms with E-state index in [1.807, 2.05) is 0 Å². The third-order valence-electron chi connectivity index (χ3n) is 4.05. The molecule has 0 aromatic heterocycles. The lowest BCUT2D eigenvalue weighted by Gasteiger charge is -2.08. The van der Waals surface area contributed by atoms with Crippen LogP contribution in [0.5, 0.6) is 0 Å². The number of halogens is 1. The molecule has 0 radical (unpaired) electrons. The van der Waals surface area contributed by atoms with Crippen molar-refractivity contribution in [2.75, 3.05) is 5.32 Å². The molecule has 7 nitrogen and oxygen atoms in total. The SMILES string of the molecule is O=C(Nc1ccc(Cl)c([N+](=O)[O-])c1)c1cccc(CS(=O)(=O)c2ccccc2)c1. The van der Waals surface area contributed by atoms with Crippen molar-refractivity contribution < 1.29 is 18.1 Å². The van der Waals surface area contributed by atoms with E-state index in [-0.39, 0.29) is 32.6 Å². The molecule has 1 amide bonds. The largest absolute Gasteiger partial charge is 0.322 e. The minimum Gasteiger partial charge on any atom is -0.322 e. The van der Waals surface area contributed by atoms with Crippen molar-refractivity contribution in [2.24, 2.45) is 0 Å². The van der Waals surface area contributed by atoms with Gasteiger partial charge >= 0.3 is 0 Å². The number of nitrogens with zero attached hydrogens (tertiary/aromatic N) is 1. The fourth-order valence-corrected chi connectivity index (χ4v) is 4.21. The van der Waals surface area contributed by atoms with E-state index in [4.69, 9.17) is 11.6 Å². The average Bonchev–Trinajstić information content (AvgIpc) is 2.70. The molecule has 0 fully saturated rings. The van der Waals surface area contributed by atoms with Gasteiger partial charge in [-0.3, -0.25) is 14.9 Å². The van der Waals surface area contributed by atoms with Crippen LogP contribution in [0.1, 0.15) is 15.9 Å². The maximum Gasteiger partial charge on any atom is 0.289 e. The topological polar surface area (TPSA) is 106 Å². The van der Waals surface area contributed by atoms with E-state index >= 15 is 0 Å². The number of carbonyl (C=O) groups is 1. The second kappa shape index (κ2) is 8.42. The van der Waals surface area contributed by atoms with Crippen molar-refractivity contribution in [3.8, 4) is 0 Å². The zero-order chi connectivity index (χ0) is 21.0. The molecule has 0 aliphatic rings. The van der Waals surface area contributed by atoms with E-state index in [0.29, 0.717) is 5.56 Å². The minimum absolute atomic E-state index is 0.0406. The van der Waals surface area contributed by atoms with Crippen LogP contribution >= 0.6 is 11.6 Å². The van der Waals surface area contributed by atoms with Crippen molar-refractivity contribution in [1.29, 1.82) is 0 Å². The molecule has 0 aliphatic carbocycles. The molecular formula is C20H15ClN2O5S. The van der Waals surface area contributed by atoms with Crippen LogP contribution < -0.4 is 5.32 Å². The summed E-state index contributed by atoms with van der Waals surface area (Å²) in [7, 11) is -3.56. The van der Waals surface area contributed by atoms with Crippen LogP contribution in [0, 0.1) is 10.1 Å². The van der Waals surface area contributed by atoms with Gasteiger partial charge in [0.1, 0.15) is 5.02 Å². The number of anilines is 1. The first-order chi connectivity index (χ1) is 13.8. The van der Waals surface area contributed by atoms with Gasteiger partial charge in [-0.05, 0) is 42.0 Å². The Morgan fingerprint density at radius 1 is 1.00 bits per heavy atom. The number of rotatable bonds is 6. The van der Waals surface area contributed by atoms with E-state index in [9.17, 15) is 23.3 Å². The van der Waals surface area contributed by atoms with Crippen molar-refractivity contribution in [3.05, 3.63) is 99.1 Å². The second-order valence-electron chi connectivity index (χ2n) is 6.15. The summed E-state index contributed by atoms with van der Waals surface area (Å²) in [5, 5.41) is 13.5. The van der Waals surface area contributed by atoms with Crippen LogP contribution in [0.25, 0.3) is 0 Å². The lowest BCUT2D eigenvalue weighted by atomic mass is 10.1. The molecule has 0 atom stereocenters. The highest BCUT2D eigenvalue weighted by atomic mass is 35.5. The summed E-state index contributed by atoms with van der Waals surface area (Å²) in [5.41, 5.74) is 0.549. The Morgan fingerprint density at radius 3 is 2.41 bits per heavy atom. The summed E-state index contributed by atoms with van der Waals surface area (Å²) < 4.78 is 25.1. The van der Waals surface area contributed by atoms with Crippen LogP contribution in [-0.2, 0) is 15.6 Å². The van der Waals surface area contributed by atoms with Gasteiger partial charge in [0.05, 0.1) is 15.6 Å². The van der Waals surface area contributed by atoms with Crippen molar-refractivity contribution in [3.63, 3.8) is 0 Å². The lowest BCUT2D eigenvalue weighted by Crippen LogP contribution is -2.13. The van der Waals surface area contributed by atoms with Gasteiger partial charge in [-0.2, -0.15) is 0 Å². The number of nitrogens with one attached hydrogen (secondary N) is 1. The lowest BCUT2D eigenvalue weighted by molar-refractivity contribution is -0.384. The van der Waals surface area contributed by atoms with Crippen LogP contribution in [0.4, 0.5) is 11.4 Å². The minimum atomic E-state index is -3.56. The predicted octanol–water partition coefficient (Wildman–Crippen LogP) is 4.47. The van der Waals surface area contributed by atoms with Crippen LogP contribution in [0.2, 0.25) is 5.02 Å². The van der Waals surface area contributed by atoms with Gasteiger partial charge in [0.25, 0.3) is 11.6 Å². The molecule has 0 saturated heterocycles. The number of hydrogen-bond donors (Lipinski definition) is 1. The molecule has 0 spiro atoms. The molecule has 3 rings (SSSR count). The molecule has 1 N–H and O–H groups in total. The molecule has 9 heteroatoms. The molecule has 29 heavy (non-hydrogen) atoms. The van der Waals surface area contributed by atoms with Crippen LogP contribution in [-0.4, -0.2) is 19.2 Å². The van der Waals surface area contributed by atoms with Gasteiger partial charge in [0.15, 0.2) is 9.84 Å². The van der Waals surface area contributed by atoms with Crippen molar-refractivity contribution >= 4 is 38.7 Å². The normalized spacial score (nSPS) is 11.1. The first-order valence-corrected chi connectivity index (χ1v) is 10.4. The fraction of sp³-hybridized carbons (Fsp3) is 0.0500. The summed E-state index contributed by atoms with van der Waals surface area (Å²) in [6.45, 7) is 0. The number of nitro benzene ring substituents is 1. The third-order valence-corrected chi connectivity index (χ3v) is 6.07. The molecular weight excluding hydrogens is 416 g/mol. The maximum absolute atomic E-state index is 12.5. The predicted molar refractivity (Wildman–Crippen MR) is 110 cm³/mol. The molecule has 0 bridgehead atoms. The van der Waals surface area contributed by atoms with Crippen molar-refractivity contribution in [1.82, 2.24) is 0 Å². The summed E-state index contributed by atoms with van der Waals surface area (Å²) >= 11 is 5.77. The highest BCUT2D eigenvalue weighted by Crippen LogP contribution is 2.27. The van der Waals surface area contributed by atoms with E-state index in [0.717, 1.165) is 6.07 Å². The summed E-state index contributed by atoms with van der Waals surface area (Å²) in [6, 6.07) is 18.1. The Hall–Kier alpha value is -3.23. The zero-order valence-corrected chi connectivity index (χ0v) is 16.5. The van der Waals surface area contributed by atoms with E-state index in [2.05, 4.69) is 5.32 Å². The monoisotopic (exact) mass is 430 g/mol. The van der Waals surface area contributed by atoms with Crippen LogP contribution in [0.3, 0.4) is 0 Å². The molecule has 0 unspecified atom stereocenters. The fourth-order valence-electron chi connectivity index (χ4n) is 2.67. The summed E-state index contributed by atoms with van der Waals surface area (Å²) in [5.74, 6) is -0.787. The number of hydrogen-bond acceptors (Lipinski definition) is 5. The Bertz CT molecular complexity index is 1180. The Balaban J connectivity index is 1.80. The molecule has 0 heterocycles. The van der Waals surface area contributed by atoms with Gasteiger partial charge in [0.2, 0.25) is 0 Å². The molecule has 0 saturated carbocycles. The highest BCUT2D eigenvalue weighted by molar-refractivity contribution is 7.90. The number of sulfone groups is 1. The van der Waals surface area contributed by atoms with Gasteiger partial charge in [-0.25, -0.2) is 8.42 Å². The number of benzene rings is 3. The Morgan fingerprint density at radius 2 is 1.72 bits per heavy atom.